The van der Waals surface area contributed by atoms with Crippen molar-refractivity contribution >= 4 is 17.9 Å². The lowest BCUT2D eigenvalue weighted by molar-refractivity contribution is -0.145. The molecule has 0 bridgehead atoms. The van der Waals surface area contributed by atoms with Gasteiger partial charge in [0.25, 0.3) is 0 Å². The summed E-state index contributed by atoms with van der Waals surface area (Å²) >= 11 is 0. The predicted octanol–water partition coefficient (Wildman–Crippen LogP) is 4.41. The molecule has 0 aliphatic carbocycles. The zero-order chi connectivity index (χ0) is 24.8. The number of nitrogens with one attached hydrogen (secondary N) is 2. The monoisotopic (exact) mass is 447 g/mol. The van der Waals surface area contributed by atoms with Crippen molar-refractivity contribution in [3.05, 3.63) is 34.9 Å². The second kappa shape index (κ2) is 11.3. The maximum atomic E-state index is 13.6. The highest BCUT2D eigenvalue weighted by Gasteiger charge is 2.37. The van der Waals surface area contributed by atoms with Crippen LogP contribution in [0.4, 0.5) is 4.79 Å². The van der Waals surface area contributed by atoms with Crippen LogP contribution in [0, 0.1) is 13.8 Å². The van der Waals surface area contributed by atoms with Gasteiger partial charge in [0.2, 0.25) is 11.8 Å². The van der Waals surface area contributed by atoms with E-state index in [1.54, 1.807) is 32.6 Å². The van der Waals surface area contributed by atoms with Gasteiger partial charge in [-0.2, -0.15) is 0 Å². The lowest BCUT2D eigenvalue weighted by Crippen LogP contribution is -2.55. The Hall–Kier alpha value is -2.57. The van der Waals surface area contributed by atoms with Crippen molar-refractivity contribution in [1.29, 1.82) is 0 Å². The SMILES string of the molecule is CCC(C)N(C(=O)C(C)NC(=O)OC(C)(C)C)C(C(=O)NC(C)C)c1ccc(C)cc1C. The number of benzene rings is 1. The highest BCUT2D eigenvalue weighted by Crippen LogP contribution is 2.29. The molecule has 3 amide bonds. The molecule has 0 heterocycles. The summed E-state index contributed by atoms with van der Waals surface area (Å²) in [4.78, 5) is 40.8. The fraction of sp³-hybridized carbons (Fsp3) is 0.640. The lowest BCUT2D eigenvalue weighted by atomic mass is 9.95. The number of alkyl carbamates (subject to hydrolysis) is 1. The Labute approximate surface area is 193 Å². The number of rotatable bonds is 8. The average molecular weight is 448 g/mol. The van der Waals surface area contributed by atoms with Crippen LogP contribution in [-0.2, 0) is 14.3 Å². The number of carbonyl (C=O) groups is 3. The molecule has 1 rings (SSSR count). The molecular formula is C25H41N3O4. The number of carbonyl (C=O) groups excluding carboxylic acids is 3. The second-order valence-corrected chi connectivity index (χ2v) is 9.80. The van der Waals surface area contributed by atoms with Gasteiger partial charge in [0, 0.05) is 12.1 Å². The maximum absolute atomic E-state index is 13.6. The van der Waals surface area contributed by atoms with Gasteiger partial charge in [-0.3, -0.25) is 9.59 Å². The van der Waals surface area contributed by atoms with E-state index in [1.165, 1.54) is 0 Å². The lowest BCUT2D eigenvalue weighted by Gasteiger charge is -2.38. The molecule has 0 aliphatic heterocycles. The summed E-state index contributed by atoms with van der Waals surface area (Å²) in [5, 5.41) is 5.58. The van der Waals surface area contributed by atoms with Gasteiger partial charge in [-0.25, -0.2) is 4.79 Å². The molecule has 2 N–H and O–H groups in total. The van der Waals surface area contributed by atoms with Crippen LogP contribution in [0.5, 0.6) is 0 Å². The quantitative estimate of drug-likeness (QED) is 0.618. The standard InChI is InChI=1S/C25H41N3O4/c1-11-18(6)28(23(30)19(7)27-24(31)32-25(8,9)10)21(22(29)26-15(2)3)20-13-12-16(4)14-17(20)5/h12-15,18-19,21H,11H2,1-10H3,(H,26,29)(H,27,31). The van der Waals surface area contributed by atoms with Crippen LogP contribution in [0.25, 0.3) is 0 Å². The number of hydrogen-bond acceptors (Lipinski definition) is 4. The Morgan fingerprint density at radius 1 is 1.03 bits per heavy atom. The first-order valence-electron chi connectivity index (χ1n) is 11.4. The van der Waals surface area contributed by atoms with E-state index in [9.17, 15) is 14.4 Å². The van der Waals surface area contributed by atoms with Crippen LogP contribution in [0.1, 0.15) is 84.5 Å². The van der Waals surface area contributed by atoms with Gasteiger partial charge in [-0.05, 0) is 79.9 Å². The minimum absolute atomic E-state index is 0.0815. The average Bonchev–Trinajstić information content (AvgIpc) is 2.63. The van der Waals surface area contributed by atoms with E-state index in [4.69, 9.17) is 4.74 Å². The summed E-state index contributed by atoms with van der Waals surface area (Å²) in [5.41, 5.74) is 2.10. The van der Waals surface area contributed by atoms with E-state index in [-0.39, 0.29) is 23.9 Å². The summed E-state index contributed by atoms with van der Waals surface area (Å²) in [7, 11) is 0. The highest BCUT2D eigenvalue weighted by molar-refractivity contribution is 5.92. The van der Waals surface area contributed by atoms with Gasteiger partial charge < -0.3 is 20.3 Å². The van der Waals surface area contributed by atoms with Gasteiger partial charge in [-0.15, -0.1) is 0 Å². The minimum Gasteiger partial charge on any atom is -0.444 e. The van der Waals surface area contributed by atoms with E-state index in [2.05, 4.69) is 10.6 Å². The Kier molecular flexibility index (Phi) is 9.73. The Morgan fingerprint density at radius 2 is 1.62 bits per heavy atom. The Morgan fingerprint density at radius 3 is 2.09 bits per heavy atom. The highest BCUT2D eigenvalue weighted by atomic mass is 16.6. The van der Waals surface area contributed by atoms with Crippen molar-refractivity contribution in [2.24, 2.45) is 0 Å². The molecule has 0 spiro atoms. The molecule has 0 aliphatic rings. The summed E-state index contributed by atoms with van der Waals surface area (Å²) in [6.45, 7) is 18.5. The van der Waals surface area contributed by atoms with Gasteiger partial charge in [0.15, 0.2) is 0 Å². The van der Waals surface area contributed by atoms with E-state index < -0.39 is 23.8 Å². The molecule has 0 aromatic heterocycles. The molecule has 3 atom stereocenters. The topological polar surface area (TPSA) is 87.7 Å². The summed E-state index contributed by atoms with van der Waals surface area (Å²) in [6, 6.07) is 3.87. The number of ether oxygens (including phenoxy) is 1. The van der Waals surface area contributed by atoms with Crippen molar-refractivity contribution in [3.63, 3.8) is 0 Å². The van der Waals surface area contributed by atoms with Crippen molar-refractivity contribution < 1.29 is 19.1 Å². The maximum Gasteiger partial charge on any atom is 0.408 e. The van der Waals surface area contributed by atoms with Gasteiger partial charge in [0.05, 0.1) is 0 Å². The molecule has 180 valence electrons. The molecule has 1 aromatic carbocycles. The number of hydrogen-bond donors (Lipinski definition) is 2. The van der Waals surface area contributed by atoms with Crippen molar-refractivity contribution in [3.8, 4) is 0 Å². The number of aryl methyl sites for hydroxylation is 2. The molecule has 0 fully saturated rings. The summed E-state index contributed by atoms with van der Waals surface area (Å²) in [5.74, 6) is -0.584. The first-order valence-corrected chi connectivity index (χ1v) is 11.4. The van der Waals surface area contributed by atoms with Crippen molar-refractivity contribution in [2.75, 3.05) is 0 Å². The molecule has 3 unspecified atom stereocenters. The summed E-state index contributed by atoms with van der Waals surface area (Å²) < 4.78 is 5.30. The summed E-state index contributed by atoms with van der Waals surface area (Å²) in [6.07, 6.45) is -0.0153. The van der Waals surface area contributed by atoms with Crippen LogP contribution in [-0.4, -0.2) is 46.5 Å². The number of amides is 3. The fourth-order valence-corrected chi connectivity index (χ4v) is 3.48. The Bertz CT molecular complexity index is 814. The van der Waals surface area contributed by atoms with Crippen LogP contribution < -0.4 is 10.6 Å². The zero-order valence-corrected chi connectivity index (χ0v) is 21.3. The largest absolute Gasteiger partial charge is 0.444 e. The predicted molar refractivity (Wildman–Crippen MR) is 127 cm³/mol. The van der Waals surface area contributed by atoms with Gasteiger partial charge in [0.1, 0.15) is 17.7 Å². The fourth-order valence-electron chi connectivity index (χ4n) is 3.48. The Balaban J connectivity index is 3.41. The molecule has 0 saturated heterocycles. The van der Waals surface area contributed by atoms with Crippen molar-refractivity contribution in [2.45, 2.75) is 105 Å². The molecule has 32 heavy (non-hydrogen) atoms. The molecule has 0 saturated carbocycles. The van der Waals surface area contributed by atoms with E-state index >= 15 is 0 Å². The van der Waals surface area contributed by atoms with Crippen LogP contribution in [0.3, 0.4) is 0 Å². The molecular weight excluding hydrogens is 406 g/mol. The third-order valence-electron chi connectivity index (χ3n) is 5.10. The minimum atomic E-state index is -0.862. The molecule has 1 aromatic rings. The van der Waals surface area contributed by atoms with Gasteiger partial charge in [-0.1, -0.05) is 30.7 Å². The number of nitrogens with zero attached hydrogens (tertiary/aromatic N) is 1. The molecule has 7 heteroatoms. The van der Waals surface area contributed by atoms with E-state index in [0.717, 1.165) is 16.7 Å². The third kappa shape index (κ3) is 7.84. The van der Waals surface area contributed by atoms with Crippen LogP contribution in [0.15, 0.2) is 18.2 Å². The second-order valence-electron chi connectivity index (χ2n) is 9.80. The third-order valence-corrected chi connectivity index (χ3v) is 5.10. The van der Waals surface area contributed by atoms with E-state index in [0.29, 0.717) is 6.42 Å². The molecule has 7 nitrogen and oxygen atoms in total. The molecule has 0 radical (unpaired) electrons. The normalized spacial score (nSPS) is 14.3. The van der Waals surface area contributed by atoms with Crippen LogP contribution >= 0.6 is 0 Å². The van der Waals surface area contributed by atoms with Crippen molar-refractivity contribution in [1.82, 2.24) is 15.5 Å². The van der Waals surface area contributed by atoms with Gasteiger partial charge >= 0.3 is 6.09 Å². The van der Waals surface area contributed by atoms with Crippen LogP contribution in [0.2, 0.25) is 0 Å². The zero-order valence-electron chi connectivity index (χ0n) is 21.3. The smallest absolute Gasteiger partial charge is 0.408 e. The van der Waals surface area contributed by atoms with E-state index in [1.807, 2.05) is 59.7 Å². The first kappa shape index (κ1) is 27.5. The first-order chi connectivity index (χ1) is 14.7.